The van der Waals surface area contributed by atoms with Gasteiger partial charge in [-0.2, -0.15) is 9.59 Å². The van der Waals surface area contributed by atoms with Crippen molar-refractivity contribution in [2.24, 2.45) is 5.41 Å². The lowest BCUT2D eigenvalue weighted by Crippen LogP contribution is -2.66. The maximum atomic E-state index is 13.7. The molecule has 29 nitrogen and oxygen atoms in total. The summed E-state index contributed by atoms with van der Waals surface area (Å²) in [6.45, 7) is 29.5. The fourth-order valence-electron chi connectivity index (χ4n) is 11.0. The number of Topliss-reactive ketones (excluding diaryl/α,β-unsaturated/α-hetero) is 1. The Labute approximate surface area is 606 Å². The minimum atomic E-state index is -1.40. The quantitative estimate of drug-likeness (QED) is 0.0198. The predicted octanol–water partition coefficient (Wildman–Crippen LogP) is 7.17. The number of esters is 6. The van der Waals surface area contributed by atoms with Crippen LogP contribution in [0.3, 0.4) is 0 Å². The van der Waals surface area contributed by atoms with Crippen LogP contribution in [0, 0.1) is 5.41 Å². The van der Waals surface area contributed by atoms with Gasteiger partial charge >= 0.3 is 48.0 Å². The molecule has 578 valence electrons. The minimum absolute atomic E-state index is 0.00415. The van der Waals surface area contributed by atoms with E-state index in [-0.39, 0.29) is 124 Å². The van der Waals surface area contributed by atoms with E-state index in [0.717, 1.165) is 19.4 Å². The number of phenolic OH excluding ortho intramolecular Hbond substituents is 2. The van der Waals surface area contributed by atoms with Crippen LogP contribution in [-0.4, -0.2) is 190 Å². The molecule has 3 unspecified atom stereocenters. The number of rotatable bonds is 39. The van der Waals surface area contributed by atoms with Gasteiger partial charge in [0.05, 0.1) is 13.1 Å². The zero-order valence-corrected chi connectivity index (χ0v) is 63.5. The van der Waals surface area contributed by atoms with E-state index in [1.54, 1.807) is 104 Å². The van der Waals surface area contributed by atoms with Crippen molar-refractivity contribution in [2.45, 2.75) is 280 Å². The number of unbranched alkanes of at least 4 members (excludes halogenated alkanes) is 3. The summed E-state index contributed by atoms with van der Waals surface area (Å²) in [4.78, 5) is 161. The number of carbonyl (C=O) groups excluding carboxylic acids is 13. The Balaban J connectivity index is 0.0000118. The first-order valence-electron chi connectivity index (χ1n) is 35.2. The van der Waals surface area contributed by atoms with E-state index in [1.807, 2.05) is 25.7 Å². The van der Waals surface area contributed by atoms with Gasteiger partial charge in [-0.3, -0.25) is 53.0 Å². The average Bonchev–Trinajstić information content (AvgIpc) is 0.785. The Bertz CT molecular complexity index is 3160. The molecule has 7 N–H and O–H groups in total. The van der Waals surface area contributed by atoms with Crippen molar-refractivity contribution in [2.75, 3.05) is 39.3 Å². The van der Waals surface area contributed by atoms with Crippen molar-refractivity contribution >= 4 is 71.5 Å². The first kappa shape index (κ1) is 90.6. The number of ketones is 1. The summed E-state index contributed by atoms with van der Waals surface area (Å²) in [6.07, 6.45) is 0.583. The molecule has 0 bridgehead atoms. The SMILES string of the molecule is CCC1OC(OC(C)=O)C(NC(=O)CCc2ccc(O)c(CN(CCN(CC(C)=O)Cc3cc(CCC(=O)NCCCCCC(=O)NCCCC[C@H](NC(=O)N[C@@H](CCC(=O)OC(C)(C)C)C(=O)OC(C)(C)C)C(C)(C)C)ccc3O)CC(=O)OC(C)(C)C)c2)[C@H](OC(C)=O)[C@@H]1OC(C)=O.O=C=O. The number of hydrogen-bond acceptors (Lipinski definition) is 24. The van der Waals surface area contributed by atoms with E-state index in [0.29, 0.717) is 81.1 Å². The lowest BCUT2D eigenvalue weighted by Gasteiger charge is -2.44. The number of hydrogen-bond donors (Lipinski definition) is 7. The van der Waals surface area contributed by atoms with Gasteiger partial charge < -0.3 is 70.0 Å². The van der Waals surface area contributed by atoms with E-state index < -0.39 is 101 Å². The number of phenols is 2. The highest BCUT2D eigenvalue weighted by Gasteiger charge is 2.51. The molecule has 0 aliphatic carbocycles. The Morgan fingerprint density at radius 2 is 1.03 bits per heavy atom. The molecule has 1 fully saturated rings. The minimum Gasteiger partial charge on any atom is -0.508 e. The van der Waals surface area contributed by atoms with Crippen molar-refractivity contribution in [1.29, 1.82) is 0 Å². The number of aryl methyl sites for hydroxylation is 2. The molecule has 1 heterocycles. The van der Waals surface area contributed by atoms with Gasteiger partial charge in [-0.05, 0) is 156 Å². The Morgan fingerprint density at radius 1 is 0.553 bits per heavy atom. The Kier molecular flexibility index (Phi) is 38.9. The molecular weight excluding hydrogens is 1340 g/mol. The fourth-order valence-corrected chi connectivity index (χ4v) is 11.0. The second kappa shape index (κ2) is 44.2. The zero-order valence-electron chi connectivity index (χ0n) is 63.5. The van der Waals surface area contributed by atoms with Crippen LogP contribution in [0.5, 0.6) is 11.5 Å². The number of nitrogens with zero attached hydrogens (tertiary/aromatic N) is 2. The average molecular weight is 1450 g/mol. The van der Waals surface area contributed by atoms with Crippen molar-refractivity contribution in [1.82, 2.24) is 36.4 Å². The molecule has 1 saturated heterocycles. The highest BCUT2D eigenvalue weighted by atomic mass is 16.7. The van der Waals surface area contributed by atoms with E-state index >= 15 is 0 Å². The lowest BCUT2D eigenvalue weighted by molar-refractivity contribution is -0.265. The van der Waals surface area contributed by atoms with Crippen LogP contribution in [0.25, 0.3) is 0 Å². The third kappa shape index (κ3) is 39.1. The number of aromatic hydroxyl groups is 2. The van der Waals surface area contributed by atoms with Gasteiger partial charge in [0.25, 0.3) is 0 Å². The molecule has 0 saturated carbocycles. The largest absolute Gasteiger partial charge is 0.508 e. The molecule has 7 atom stereocenters. The van der Waals surface area contributed by atoms with E-state index in [2.05, 4.69) is 26.6 Å². The first-order chi connectivity index (χ1) is 47.9. The summed E-state index contributed by atoms with van der Waals surface area (Å²) in [6, 6.07) is 6.66. The molecule has 0 radical (unpaired) electrons. The summed E-state index contributed by atoms with van der Waals surface area (Å²) in [5, 5.41) is 36.6. The molecule has 2 aromatic carbocycles. The van der Waals surface area contributed by atoms with Crippen molar-refractivity contribution in [3.63, 3.8) is 0 Å². The molecular formula is C74H115N7O22. The second-order valence-corrected chi connectivity index (χ2v) is 29.8. The van der Waals surface area contributed by atoms with Crippen molar-refractivity contribution < 1.29 is 106 Å². The van der Waals surface area contributed by atoms with E-state index in [1.165, 1.54) is 19.9 Å². The number of urea groups is 1. The Hall–Kier alpha value is -8.53. The number of ether oxygens (including phenoxy) is 7. The van der Waals surface area contributed by atoms with Crippen LogP contribution in [0.4, 0.5) is 4.79 Å². The third-order valence-electron chi connectivity index (χ3n) is 15.6. The monoisotopic (exact) mass is 1450 g/mol. The van der Waals surface area contributed by atoms with Gasteiger partial charge in [0.1, 0.15) is 52.3 Å². The molecule has 1 aliphatic heterocycles. The van der Waals surface area contributed by atoms with E-state index in [9.17, 15) is 63.0 Å². The predicted molar refractivity (Wildman–Crippen MR) is 377 cm³/mol. The molecule has 1 aliphatic rings. The first-order valence-corrected chi connectivity index (χ1v) is 35.2. The summed E-state index contributed by atoms with van der Waals surface area (Å²) in [5.74, 6) is -4.93. The van der Waals surface area contributed by atoms with Crippen LogP contribution in [0.2, 0.25) is 0 Å². The highest BCUT2D eigenvalue weighted by molar-refractivity contribution is 5.85. The van der Waals surface area contributed by atoms with Crippen molar-refractivity contribution in [3.05, 3.63) is 58.7 Å². The van der Waals surface area contributed by atoms with Gasteiger partial charge in [-0.1, -0.05) is 58.4 Å². The highest BCUT2D eigenvalue weighted by Crippen LogP contribution is 2.31. The van der Waals surface area contributed by atoms with Crippen LogP contribution >= 0.6 is 0 Å². The summed E-state index contributed by atoms with van der Waals surface area (Å²) in [5.41, 5.74) is -0.351. The van der Waals surface area contributed by atoms with Crippen LogP contribution in [0.1, 0.15) is 217 Å². The van der Waals surface area contributed by atoms with Gasteiger partial charge in [0.15, 0.2) is 12.2 Å². The van der Waals surface area contributed by atoms with Crippen molar-refractivity contribution in [3.8, 4) is 11.5 Å². The smallest absolute Gasteiger partial charge is 0.373 e. The van der Waals surface area contributed by atoms with Crippen LogP contribution in [0.15, 0.2) is 36.4 Å². The molecule has 29 heteroatoms. The number of amides is 5. The fraction of sp³-hybridized carbons (Fsp3) is 0.676. The van der Waals surface area contributed by atoms with Gasteiger partial charge in [0, 0.05) is 103 Å². The maximum absolute atomic E-state index is 13.7. The second-order valence-electron chi connectivity index (χ2n) is 29.8. The van der Waals surface area contributed by atoms with E-state index in [4.69, 9.17) is 42.7 Å². The lowest BCUT2D eigenvalue weighted by atomic mass is 9.84. The standard InChI is InChI=1S/C73H115N7O20.CO2/c1-18-57-65(94-47(3)82)66(95-48(4)83)64(68(97-57)96-49(5)84)78-61(89)34-29-51-27-32-56(86)53(41-51)44-80(45-63(91)99-72(12,13)14)39-38-79(42-46(2)81)43-52-40-50(26-31-55(52)85)28-33-60(88)75-36-22-19-20-25-59(87)74-37-23-21-24-58(70(6,7)8)77-69(93)76-54(67(92)100-73(15,16)17)30-35-62(90)98-71(9,10)11;2-1-3/h26-27,31-32,40-41,54,57-58,64-66,68,85-86H,18-25,28-30,33-39,42-45H2,1-17H3,(H,74,87)(H,75,88)(H,78,89)(H2,76,77,93);/t54-,57?,58-,64?,65+,66-,68?;/m0./s1. The van der Waals surface area contributed by atoms with Crippen LogP contribution < -0.4 is 26.6 Å². The molecule has 3 rings (SSSR count). The molecule has 2 aromatic rings. The third-order valence-corrected chi connectivity index (χ3v) is 15.6. The number of carbonyl (C=O) groups is 11. The molecule has 103 heavy (non-hydrogen) atoms. The zero-order chi connectivity index (χ0) is 78.0. The molecule has 0 spiro atoms. The maximum Gasteiger partial charge on any atom is 0.373 e. The Morgan fingerprint density at radius 3 is 1.51 bits per heavy atom. The molecule has 0 aromatic heterocycles. The van der Waals surface area contributed by atoms with Crippen LogP contribution in [-0.2, 0) is 117 Å². The van der Waals surface area contributed by atoms with Gasteiger partial charge in [-0.15, -0.1) is 0 Å². The molecule has 5 amide bonds. The normalized spacial score (nSPS) is 16.6. The van der Waals surface area contributed by atoms with Gasteiger partial charge in [0.2, 0.25) is 24.0 Å². The summed E-state index contributed by atoms with van der Waals surface area (Å²) in [7, 11) is 0. The van der Waals surface area contributed by atoms with Gasteiger partial charge in [-0.25, -0.2) is 9.59 Å². The number of nitrogens with one attached hydrogen (secondary N) is 5. The summed E-state index contributed by atoms with van der Waals surface area (Å²) >= 11 is 0. The topological polar surface area (TPSA) is 394 Å². The number of benzene rings is 2. The summed E-state index contributed by atoms with van der Waals surface area (Å²) < 4.78 is 39.1.